The molecule has 106 valence electrons. The van der Waals surface area contributed by atoms with E-state index in [9.17, 15) is 4.79 Å². The van der Waals surface area contributed by atoms with Crippen molar-refractivity contribution >= 4 is 17.3 Å². The summed E-state index contributed by atoms with van der Waals surface area (Å²) in [6.07, 6.45) is 3.15. The normalized spacial score (nSPS) is 11.9. The van der Waals surface area contributed by atoms with Gasteiger partial charge in [-0.3, -0.25) is 4.79 Å². The van der Waals surface area contributed by atoms with Crippen LogP contribution < -0.4 is 16.4 Å². The van der Waals surface area contributed by atoms with Gasteiger partial charge in [0.1, 0.15) is 0 Å². The summed E-state index contributed by atoms with van der Waals surface area (Å²) in [5.41, 5.74) is 8.11. The van der Waals surface area contributed by atoms with E-state index in [4.69, 9.17) is 5.73 Å². The molecule has 19 heavy (non-hydrogen) atoms. The van der Waals surface area contributed by atoms with Crippen LogP contribution in [0, 0.1) is 0 Å². The lowest BCUT2D eigenvalue weighted by molar-refractivity contribution is 0.0953. The average molecular weight is 263 g/mol. The standard InChI is InChI=1S/C15H25N3O/c1-4-6-11(3)18-14-8-7-12(10-13(14)16)15(19)17-9-5-2/h7-8,10-11,18H,4-6,9,16H2,1-3H3,(H,17,19). The first-order valence-electron chi connectivity index (χ1n) is 7.02. The fourth-order valence-corrected chi connectivity index (χ4v) is 1.95. The molecule has 0 aliphatic rings. The zero-order valence-electron chi connectivity index (χ0n) is 12.1. The van der Waals surface area contributed by atoms with Crippen molar-refractivity contribution in [2.75, 3.05) is 17.6 Å². The first kappa shape index (κ1) is 15.3. The molecule has 4 N–H and O–H groups in total. The summed E-state index contributed by atoms with van der Waals surface area (Å²) in [6, 6.07) is 5.79. The van der Waals surface area contributed by atoms with Gasteiger partial charge in [0.25, 0.3) is 5.91 Å². The van der Waals surface area contributed by atoms with E-state index in [2.05, 4.69) is 24.5 Å². The Morgan fingerprint density at radius 1 is 1.32 bits per heavy atom. The Morgan fingerprint density at radius 2 is 2.05 bits per heavy atom. The summed E-state index contributed by atoms with van der Waals surface area (Å²) in [5.74, 6) is -0.0679. The van der Waals surface area contributed by atoms with E-state index in [1.165, 1.54) is 0 Å². The molecule has 1 aromatic carbocycles. The van der Waals surface area contributed by atoms with Crippen molar-refractivity contribution in [3.05, 3.63) is 23.8 Å². The molecule has 0 aromatic heterocycles. The van der Waals surface area contributed by atoms with Crippen LogP contribution in [0.25, 0.3) is 0 Å². The van der Waals surface area contributed by atoms with E-state index < -0.39 is 0 Å². The zero-order valence-corrected chi connectivity index (χ0v) is 12.1. The molecule has 1 aromatic rings. The van der Waals surface area contributed by atoms with E-state index in [1.54, 1.807) is 6.07 Å². The highest BCUT2D eigenvalue weighted by molar-refractivity contribution is 5.96. The Labute approximate surface area is 115 Å². The summed E-state index contributed by atoms with van der Waals surface area (Å²) in [7, 11) is 0. The van der Waals surface area contributed by atoms with Gasteiger partial charge in [0.15, 0.2) is 0 Å². The summed E-state index contributed by atoms with van der Waals surface area (Å²) in [6.45, 7) is 7.00. The smallest absolute Gasteiger partial charge is 0.251 e. The Morgan fingerprint density at radius 3 is 2.63 bits per heavy atom. The topological polar surface area (TPSA) is 67.2 Å². The molecule has 0 aliphatic heterocycles. The second kappa shape index (κ2) is 7.67. The lowest BCUT2D eigenvalue weighted by atomic mass is 10.1. The minimum absolute atomic E-state index is 0.0679. The molecule has 1 atom stereocenters. The molecule has 0 aliphatic carbocycles. The molecule has 4 nitrogen and oxygen atoms in total. The number of carbonyl (C=O) groups excluding carboxylic acids is 1. The van der Waals surface area contributed by atoms with Gasteiger partial charge in [-0.2, -0.15) is 0 Å². The third-order valence-electron chi connectivity index (χ3n) is 2.97. The second-order valence-electron chi connectivity index (χ2n) is 4.89. The lowest BCUT2D eigenvalue weighted by Crippen LogP contribution is -2.24. The monoisotopic (exact) mass is 263 g/mol. The van der Waals surface area contributed by atoms with E-state index in [0.29, 0.717) is 23.8 Å². The predicted octanol–water partition coefficient (Wildman–Crippen LogP) is 3.01. The molecule has 0 fully saturated rings. The number of nitrogens with two attached hydrogens (primary N) is 1. The van der Waals surface area contributed by atoms with Gasteiger partial charge in [0.2, 0.25) is 0 Å². The predicted molar refractivity (Wildman–Crippen MR) is 81.5 cm³/mol. The van der Waals surface area contributed by atoms with Crippen LogP contribution in [0.3, 0.4) is 0 Å². The Kier molecular flexibility index (Phi) is 6.19. The van der Waals surface area contributed by atoms with Crippen molar-refractivity contribution in [3.8, 4) is 0 Å². The molecule has 0 spiro atoms. The van der Waals surface area contributed by atoms with Crippen molar-refractivity contribution in [2.24, 2.45) is 0 Å². The SMILES string of the molecule is CCCNC(=O)c1ccc(NC(C)CCC)c(N)c1. The number of carbonyl (C=O) groups is 1. The van der Waals surface area contributed by atoms with Crippen LogP contribution in [0.5, 0.6) is 0 Å². The zero-order chi connectivity index (χ0) is 14.3. The largest absolute Gasteiger partial charge is 0.397 e. The highest BCUT2D eigenvalue weighted by Crippen LogP contribution is 2.21. The second-order valence-corrected chi connectivity index (χ2v) is 4.89. The number of rotatable bonds is 7. The van der Waals surface area contributed by atoms with Crippen molar-refractivity contribution in [1.82, 2.24) is 5.32 Å². The van der Waals surface area contributed by atoms with Crippen LogP contribution in [-0.4, -0.2) is 18.5 Å². The van der Waals surface area contributed by atoms with Crippen LogP contribution in [0.1, 0.15) is 50.4 Å². The molecule has 1 unspecified atom stereocenters. The van der Waals surface area contributed by atoms with Gasteiger partial charge < -0.3 is 16.4 Å². The molecule has 1 amide bonds. The van der Waals surface area contributed by atoms with E-state index >= 15 is 0 Å². The summed E-state index contributed by atoms with van der Waals surface area (Å²) >= 11 is 0. The Bertz CT molecular complexity index is 418. The van der Waals surface area contributed by atoms with Crippen LogP contribution >= 0.6 is 0 Å². The number of hydrogen-bond donors (Lipinski definition) is 3. The number of nitrogens with one attached hydrogen (secondary N) is 2. The molecule has 0 saturated heterocycles. The molecule has 0 radical (unpaired) electrons. The minimum atomic E-state index is -0.0679. The van der Waals surface area contributed by atoms with E-state index in [0.717, 1.165) is 24.9 Å². The van der Waals surface area contributed by atoms with Crippen molar-refractivity contribution in [1.29, 1.82) is 0 Å². The van der Waals surface area contributed by atoms with Gasteiger partial charge in [0.05, 0.1) is 11.4 Å². The van der Waals surface area contributed by atoms with Gasteiger partial charge in [0, 0.05) is 18.2 Å². The number of amides is 1. The maximum absolute atomic E-state index is 11.8. The van der Waals surface area contributed by atoms with Gasteiger partial charge >= 0.3 is 0 Å². The van der Waals surface area contributed by atoms with Crippen molar-refractivity contribution in [3.63, 3.8) is 0 Å². The van der Waals surface area contributed by atoms with Crippen LogP contribution in [0.2, 0.25) is 0 Å². The van der Waals surface area contributed by atoms with Crippen LogP contribution in [-0.2, 0) is 0 Å². The van der Waals surface area contributed by atoms with Crippen molar-refractivity contribution in [2.45, 2.75) is 46.1 Å². The Hall–Kier alpha value is -1.71. The first-order valence-corrected chi connectivity index (χ1v) is 7.02. The lowest BCUT2D eigenvalue weighted by Gasteiger charge is -2.16. The third kappa shape index (κ3) is 4.81. The number of nitrogen functional groups attached to an aromatic ring is 1. The van der Waals surface area contributed by atoms with Gasteiger partial charge in [-0.25, -0.2) is 0 Å². The molecular formula is C15H25N3O. The molecule has 1 rings (SSSR count). The molecular weight excluding hydrogens is 238 g/mol. The number of anilines is 2. The molecule has 0 heterocycles. The summed E-state index contributed by atoms with van der Waals surface area (Å²) < 4.78 is 0. The summed E-state index contributed by atoms with van der Waals surface area (Å²) in [5, 5.41) is 6.21. The van der Waals surface area contributed by atoms with Crippen LogP contribution in [0.15, 0.2) is 18.2 Å². The maximum atomic E-state index is 11.8. The molecule has 4 heteroatoms. The maximum Gasteiger partial charge on any atom is 0.251 e. The van der Waals surface area contributed by atoms with Crippen LogP contribution in [0.4, 0.5) is 11.4 Å². The minimum Gasteiger partial charge on any atom is -0.397 e. The highest BCUT2D eigenvalue weighted by atomic mass is 16.1. The fraction of sp³-hybridized carbons (Fsp3) is 0.533. The van der Waals surface area contributed by atoms with E-state index in [1.807, 2.05) is 19.1 Å². The quantitative estimate of drug-likeness (QED) is 0.662. The van der Waals surface area contributed by atoms with Gasteiger partial charge in [-0.15, -0.1) is 0 Å². The number of hydrogen-bond acceptors (Lipinski definition) is 3. The fourth-order valence-electron chi connectivity index (χ4n) is 1.95. The first-order chi connectivity index (χ1) is 9.08. The van der Waals surface area contributed by atoms with Crippen molar-refractivity contribution < 1.29 is 4.79 Å². The molecule has 0 saturated carbocycles. The summed E-state index contributed by atoms with van der Waals surface area (Å²) in [4.78, 5) is 11.8. The molecule has 0 bridgehead atoms. The van der Waals surface area contributed by atoms with Gasteiger partial charge in [-0.1, -0.05) is 20.3 Å². The Balaban J connectivity index is 2.71. The van der Waals surface area contributed by atoms with Gasteiger partial charge in [-0.05, 0) is 38.0 Å². The average Bonchev–Trinajstić information content (AvgIpc) is 2.38. The third-order valence-corrected chi connectivity index (χ3v) is 2.97. The highest BCUT2D eigenvalue weighted by Gasteiger charge is 2.09. The van der Waals surface area contributed by atoms with E-state index in [-0.39, 0.29) is 5.91 Å². The number of benzene rings is 1.